The Morgan fingerprint density at radius 3 is 0.422 bits per heavy atom. The zero-order chi connectivity index (χ0) is 46.5. The van der Waals surface area contributed by atoms with Crippen LogP contribution < -0.4 is 0 Å². The fourth-order valence-corrected chi connectivity index (χ4v) is 4.34. The van der Waals surface area contributed by atoms with Crippen molar-refractivity contribution < 1.29 is 104 Å². The lowest BCUT2D eigenvalue weighted by molar-refractivity contribution is -0.148. The first-order chi connectivity index (χ1) is 31.4. The highest BCUT2D eigenvalue weighted by atomic mass is 16.6. The van der Waals surface area contributed by atoms with Gasteiger partial charge in [0.15, 0.2) is 0 Å². The molecular weight excluding hydrogens is 856 g/mol. The fourth-order valence-electron chi connectivity index (χ4n) is 4.34. The molecular formula is C42H78O22. The summed E-state index contributed by atoms with van der Waals surface area (Å²) in [6, 6.07) is 0. The summed E-state index contributed by atoms with van der Waals surface area (Å²) in [6.45, 7) is 17.0. The number of ketones is 2. The number of esters is 2. The first kappa shape index (κ1) is 61.6. The third kappa shape index (κ3) is 55.8. The Labute approximate surface area is 378 Å². The Hall–Kier alpha value is -2.36. The maximum atomic E-state index is 11.2. The highest BCUT2D eigenvalue weighted by Crippen LogP contribution is 1.92. The van der Waals surface area contributed by atoms with E-state index in [4.69, 9.17) is 85.3 Å². The van der Waals surface area contributed by atoms with Gasteiger partial charge in [-0.1, -0.05) is 0 Å². The summed E-state index contributed by atoms with van der Waals surface area (Å²) in [4.78, 5) is 44.0. The highest BCUT2D eigenvalue weighted by molar-refractivity contribution is 5.94. The summed E-state index contributed by atoms with van der Waals surface area (Å²) in [5.74, 6) is -1.56. The van der Waals surface area contributed by atoms with Crippen LogP contribution in [-0.4, -0.2) is 248 Å². The van der Waals surface area contributed by atoms with Crippen molar-refractivity contribution in [1.82, 2.24) is 0 Å². The van der Waals surface area contributed by atoms with Crippen molar-refractivity contribution in [2.45, 2.75) is 26.7 Å². The molecule has 0 aliphatic heterocycles. The molecule has 64 heavy (non-hydrogen) atoms. The second-order valence-electron chi connectivity index (χ2n) is 13.0. The van der Waals surface area contributed by atoms with Crippen LogP contribution in [0.1, 0.15) is 26.7 Å². The second-order valence-corrected chi connectivity index (χ2v) is 13.0. The van der Waals surface area contributed by atoms with E-state index in [-0.39, 0.29) is 50.8 Å². The number of carbonyl (C=O) groups is 4. The van der Waals surface area contributed by atoms with Crippen LogP contribution in [0.25, 0.3) is 0 Å². The van der Waals surface area contributed by atoms with E-state index < -0.39 is 11.9 Å². The molecule has 0 aromatic carbocycles. The average Bonchev–Trinajstić information content (AvgIpc) is 3.26. The molecule has 0 amide bonds. The standard InChI is InChI=1S/C42H78O22/c1-39(43)37-41(45)63-35-33-61-31-29-59-27-25-57-23-21-55-19-17-53-15-13-51-11-9-49-7-5-47-3-4-48-6-8-50-10-12-52-14-16-54-18-20-56-22-24-58-26-28-60-30-32-62-34-36-64-42(46)38-40(2)44/h3-38H2,1-2H3. The van der Waals surface area contributed by atoms with Crippen molar-refractivity contribution in [3.63, 3.8) is 0 Å². The van der Waals surface area contributed by atoms with E-state index in [1.54, 1.807) is 0 Å². The van der Waals surface area contributed by atoms with E-state index in [1.165, 1.54) is 13.8 Å². The zero-order valence-corrected chi connectivity index (χ0v) is 38.4. The highest BCUT2D eigenvalue weighted by Gasteiger charge is 2.07. The Balaban J connectivity index is 3.10. The molecule has 0 radical (unpaired) electrons. The van der Waals surface area contributed by atoms with Gasteiger partial charge in [-0.25, -0.2) is 0 Å². The van der Waals surface area contributed by atoms with E-state index in [1.807, 2.05) is 0 Å². The molecule has 0 rings (SSSR count). The third-order valence-corrected chi connectivity index (χ3v) is 7.35. The Morgan fingerprint density at radius 1 is 0.203 bits per heavy atom. The van der Waals surface area contributed by atoms with Crippen LogP contribution in [0.3, 0.4) is 0 Å². The summed E-state index contributed by atoms with van der Waals surface area (Å²) in [6.07, 6.45) is -0.437. The largest absolute Gasteiger partial charge is 0.463 e. The summed E-state index contributed by atoms with van der Waals surface area (Å²) in [5, 5.41) is 0. The molecule has 0 bridgehead atoms. The van der Waals surface area contributed by atoms with E-state index in [0.29, 0.717) is 198 Å². The number of hydrogen-bond acceptors (Lipinski definition) is 22. The van der Waals surface area contributed by atoms with Crippen LogP contribution in [0.15, 0.2) is 0 Å². The Morgan fingerprint density at radius 2 is 0.312 bits per heavy atom. The minimum atomic E-state index is -0.547. The zero-order valence-electron chi connectivity index (χ0n) is 38.4. The quantitative estimate of drug-likeness (QED) is 0.0453. The number of rotatable bonds is 55. The van der Waals surface area contributed by atoms with Crippen LogP contribution >= 0.6 is 0 Å². The van der Waals surface area contributed by atoms with Gasteiger partial charge in [0.05, 0.1) is 211 Å². The Bertz CT molecular complexity index is 946. The first-order valence-electron chi connectivity index (χ1n) is 22.0. The van der Waals surface area contributed by atoms with Gasteiger partial charge in [0.2, 0.25) is 0 Å². The van der Waals surface area contributed by atoms with E-state index in [2.05, 4.69) is 0 Å². The molecule has 22 heteroatoms. The normalized spacial score (nSPS) is 11.3. The van der Waals surface area contributed by atoms with Gasteiger partial charge in [-0.15, -0.1) is 0 Å². The van der Waals surface area contributed by atoms with Gasteiger partial charge in [-0.3, -0.25) is 19.2 Å². The third-order valence-electron chi connectivity index (χ3n) is 7.35. The van der Waals surface area contributed by atoms with E-state index in [0.717, 1.165) is 0 Å². The monoisotopic (exact) mass is 934 g/mol. The maximum Gasteiger partial charge on any atom is 0.313 e. The van der Waals surface area contributed by atoms with Crippen molar-refractivity contribution in [2.24, 2.45) is 0 Å². The average molecular weight is 935 g/mol. The lowest BCUT2D eigenvalue weighted by atomic mass is 10.3. The molecule has 0 aliphatic rings. The van der Waals surface area contributed by atoms with Crippen molar-refractivity contribution in [2.75, 3.05) is 225 Å². The lowest BCUT2D eigenvalue weighted by Gasteiger charge is -2.09. The topological polar surface area (TPSA) is 234 Å². The van der Waals surface area contributed by atoms with Crippen molar-refractivity contribution in [3.05, 3.63) is 0 Å². The number of carbonyl (C=O) groups excluding carboxylic acids is 4. The minimum absolute atomic E-state index is 0.107. The summed E-state index contributed by atoms with van der Waals surface area (Å²) < 4.78 is 96.7. The van der Waals surface area contributed by atoms with Crippen molar-refractivity contribution >= 4 is 23.5 Å². The molecule has 22 nitrogen and oxygen atoms in total. The molecule has 0 heterocycles. The molecule has 0 N–H and O–H groups in total. The second kappa shape index (κ2) is 53.3. The maximum absolute atomic E-state index is 11.2. The molecule has 0 saturated heterocycles. The van der Waals surface area contributed by atoms with Gasteiger partial charge in [-0.05, 0) is 13.8 Å². The van der Waals surface area contributed by atoms with Gasteiger partial charge >= 0.3 is 11.9 Å². The molecule has 378 valence electrons. The number of Topliss-reactive ketones (excluding diaryl/α,β-unsaturated/α-hetero) is 2. The van der Waals surface area contributed by atoms with Crippen LogP contribution in [0.5, 0.6) is 0 Å². The molecule has 0 aromatic rings. The first-order valence-corrected chi connectivity index (χ1v) is 22.0. The van der Waals surface area contributed by atoms with Gasteiger partial charge in [0, 0.05) is 0 Å². The van der Waals surface area contributed by atoms with Gasteiger partial charge in [0.1, 0.15) is 37.6 Å². The van der Waals surface area contributed by atoms with Gasteiger partial charge in [0.25, 0.3) is 0 Å². The van der Waals surface area contributed by atoms with E-state index in [9.17, 15) is 19.2 Å². The molecule has 0 spiro atoms. The van der Waals surface area contributed by atoms with Crippen LogP contribution in [-0.2, 0) is 104 Å². The minimum Gasteiger partial charge on any atom is -0.463 e. The van der Waals surface area contributed by atoms with Crippen molar-refractivity contribution in [3.8, 4) is 0 Å². The van der Waals surface area contributed by atoms with Crippen molar-refractivity contribution in [1.29, 1.82) is 0 Å². The molecule has 0 saturated carbocycles. The molecule has 0 aromatic heterocycles. The molecule has 0 fully saturated rings. The van der Waals surface area contributed by atoms with Gasteiger partial charge in [-0.2, -0.15) is 0 Å². The van der Waals surface area contributed by atoms with Crippen LogP contribution in [0.4, 0.5) is 0 Å². The van der Waals surface area contributed by atoms with Crippen LogP contribution in [0, 0.1) is 0 Å². The lowest BCUT2D eigenvalue weighted by Crippen LogP contribution is -2.16. The summed E-state index contributed by atoms with van der Waals surface area (Å²) in [5.41, 5.74) is 0. The van der Waals surface area contributed by atoms with Crippen LogP contribution in [0.2, 0.25) is 0 Å². The predicted molar refractivity (Wildman–Crippen MR) is 226 cm³/mol. The molecule has 0 unspecified atom stereocenters. The van der Waals surface area contributed by atoms with Gasteiger partial charge < -0.3 is 85.3 Å². The number of ether oxygens (including phenoxy) is 18. The smallest absolute Gasteiger partial charge is 0.313 e. The van der Waals surface area contributed by atoms with E-state index >= 15 is 0 Å². The summed E-state index contributed by atoms with van der Waals surface area (Å²) in [7, 11) is 0. The molecule has 0 atom stereocenters. The fraction of sp³-hybridized carbons (Fsp3) is 0.905. The number of hydrogen-bond donors (Lipinski definition) is 0. The molecule has 0 aliphatic carbocycles. The summed E-state index contributed by atoms with van der Waals surface area (Å²) >= 11 is 0. The SMILES string of the molecule is CC(=O)CC(=O)OCCOCCOCCOCCOCCOCCOCCOCCOCCOCCOCCOCCOCCOCCOCCOCCOCCOC(=O)CC(C)=O. The Kier molecular flexibility index (Phi) is 51.3. The predicted octanol–water partition coefficient (Wildman–Crippen LogP) is 0.297.